The van der Waals surface area contributed by atoms with E-state index in [0.717, 1.165) is 12.8 Å². The molecule has 0 aromatic heterocycles. The number of aliphatic hydroxyl groups is 1. The predicted molar refractivity (Wildman–Crippen MR) is 68.4 cm³/mol. The van der Waals surface area contributed by atoms with E-state index >= 15 is 0 Å². The first kappa shape index (κ1) is 14.5. The highest BCUT2D eigenvalue weighted by Gasteiger charge is 2.10. The largest absolute Gasteiger partial charge is 0.482 e. The molecule has 0 spiro atoms. The molecule has 1 unspecified atom stereocenters. The first-order valence-corrected chi connectivity index (χ1v) is 6.20. The summed E-state index contributed by atoms with van der Waals surface area (Å²) in [5.41, 5.74) is 0.666. The van der Waals surface area contributed by atoms with Gasteiger partial charge in [0.05, 0.1) is 12.7 Å². The van der Waals surface area contributed by atoms with Gasteiger partial charge >= 0.3 is 5.97 Å². The quantitative estimate of drug-likeness (QED) is 0.598. The lowest BCUT2D eigenvalue weighted by Gasteiger charge is -2.12. The standard InChI is InChI=1S/C14H20O4/c1-3-4-9-17-14(16)10-18-13-8-6-5-7-12(13)11(2)15/h5-8,11,15H,3-4,9-10H2,1-2H3. The van der Waals surface area contributed by atoms with E-state index in [9.17, 15) is 9.90 Å². The van der Waals surface area contributed by atoms with Crippen LogP contribution in [0.5, 0.6) is 5.75 Å². The van der Waals surface area contributed by atoms with Crippen molar-refractivity contribution in [2.45, 2.75) is 32.8 Å². The molecule has 18 heavy (non-hydrogen) atoms. The van der Waals surface area contributed by atoms with Crippen LogP contribution in [-0.2, 0) is 9.53 Å². The predicted octanol–water partition coefficient (Wildman–Crippen LogP) is 2.46. The third kappa shape index (κ3) is 4.75. The van der Waals surface area contributed by atoms with Crippen molar-refractivity contribution in [3.63, 3.8) is 0 Å². The van der Waals surface area contributed by atoms with E-state index < -0.39 is 6.10 Å². The molecule has 1 rings (SSSR count). The third-order valence-corrected chi connectivity index (χ3v) is 2.48. The number of esters is 1. The van der Waals surface area contributed by atoms with Gasteiger partial charge in [0.25, 0.3) is 0 Å². The fraction of sp³-hybridized carbons (Fsp3) is 0.500. The monoisotopic (exact) mass is 252 g/mol. The Labute approximate surface area is 108 Å². The number of hydrogen-bond donors (Lipinski definition) is 1. The number of benzene rings is 1. The minimum Gasteiger partial charge on any atom is -0.482 e. The second kappa shape index (κ2) is 7.71. The molecule has 1 aromatic carbocycles. The number of hydrogen-bond acceptors (Lipinski definition) is 4. The van der Waals surface area contributed by atoms with Crippen LogP contribution in [0.3, 0.4) is 0 Å². The van der Waals surface area contributed by atoms with Gasteiger partial charge in [0, 0.05) is 5.56 Å². The summed E-state index contributed by atoms with van der Waals surface area (Å²) in [5, 5.41) is 9.55. The number of unbranched alkanes of at least 4 members (excludes halogenated alkanes) is 1. The fourth-order valence-electron chi connectivity index (χ4n) is 1.47. The number of carbonyl (C=O) groups is 1. The van der Waals surface area contributed by atoms with Crippen LogP contribution in [0, 0.1) is 0 Å². The van der Waals surface area contributed by atoms with E-state index in [4.69, 9.17) is 9.47 Å². The Morgan fingerprint density at radius 3 is 2.78 bits per heavy atom. The second-order valence-corrected chi connectivity index (χ2v) is 4.08. The Bertz CT molecular complexity index is 374. The zero-order chi connectivity index (χ0) is 13.4. The van der Waals surface area contributed by atoms with Gasteiger partial charge in [-0.25, -0.2) is 4.79 Å². The summed E-state index contributed by atoms with van der Waals surface area (Å²) < 4.78 is 10.3. The van der Waals surface area contributed by atoms with Gasteiger partial charge in [-0.2, -0.15) is 0 Å². The lowest BCUT2D eigenvalue weighted by molar-refractivity contribution is -0.146. The van der Waals surface area contributed by atoms with Gasteiger partial charge in [0.2, 0.25) is 0 Å². The Hall–Kier alpha value is -1.55. The van der Waals surface area contributed by atoms with Crippen LogP contribution in [0.15, 0.2) is 24.3 Å². The van der Waals surface area contributed by atoms with Crippen molar-refractivity contribution in [2.75, 3.05) is 13.2 Å². The molecule has 0 radical (unpaired) electrons. The molecule has 0 aliphatic rings. The average Bonchev–Trinajstić information content (AvgIpc) is 2.37. The molecule has 0 bridgehead atoms. The Morgan fingerprint density at radius 2 is 2.11 bits per heavy atom. The zero-order valence-corrected chi connectivity index (χ0v) is 10.9. The van der Waals surface area contributed by atoms with E-state index in [1.54, 1.807) is 25.1 Å². The molecule has 0 saturated carbocycles. The van der Waals surface area contributed by atoms with Crippen LogP contribution in [0.25, 0.3) is 0 Å². The SMILES string of the molecule is CCCCOC(=O)COc1ccccc1C(C)O. The summed E-state index contributed by atoms with van der Waals surface area (Å²) >= 11 is 0. The first-order valence-electron chi connectivity index (χ1n) is 6.20. The van der Waals surface area contributed by atoms with Gasteiger partial charge in [0.1, 0.15) is 5.75 Å². The van der Waals surface area contributed by atoms with Crippen LogP contribution in [0.2, 0.25) is 0 Å². The molecule has 1 atom stereocenters. The molecule has 4 nitrogen and oxygen atoms in total. The Kier molecular flexibility index (Phi) is 6.22. The van der Waals surface area contributed by atoms with Crippen molar-refractivity contribution in [3.05, 3.63) is 29.8 Å². The molecule has 0 aliphatic carbocycles. The van der Waals surface area contributed by atoms with Crippen molar-refractivity contribution >= 4 is 5.97 Å². The summed E-state index contributed by atoms with van der Waals surface area (Å²) in [7, 11) is 0. The van der Waals surface area contributed by atoms with E-state index in [-0.39, 0.29) is 12.6 Å². The highest BCUT2D eigenvalue weighted by atomic mass is 16.6. The molecule has 0 amide bonds. The van der Waals surface area contributed by atoms with Gasteiger partial charge in [-0.3, -0.25) is 0 Å². The van der Waals surface area contributed by atoms with E-state index in [2.05, 4.69) is 0 Å². The van der Waals surface area contributed by atoms with Crippen molar-refractivity contribution < 1.29 is 19.4 Å². The van der Waals surface area contributed by atoms with E-state index in [1.807, 2.05) is 13.0 Å². The summed E-state index contributed by atoms with van der Waals surface area (Å²) in [4.78, 5) is 11.4. The highest BCUT2D eigenvalue weighted by molar-refractivity contribution is 5.71. The van der Waals surface area contributed by atoms with Gasteiger partial charge in [-0.15, -0.1) is 0 Å². The molecular weight excluding hydrogens is 232 g/mol. The minimum atomic E-state index is -0.627. The Balaban J connectivity index is 2.45. The molecule has 1 N–H and O–H groups in total. The maximum atomic E-state index is 11.4. The van der Waals surface area contributed by atoms with Crippen LogP contribution in [0.1, 0.15) is 38.4 Å². The minimum absolute atomic E-state index is 0.132. The number of ether oxygens (including phenoxy) is 2. The average molecular weight is 252 g/mol. The van der Waals surface area contributed by atoms with Crippen LogP contribution >= 0.6 is 0 Å². The molecule has 0 heterocycles. The number of carbonyl (C=O) groups excluding carboxylic acids is 1. The summed E-state index contributed by atoms with van der Waals surface area (Å²) in [6.45, 7) is 3.98. The number of para-hydroxylation sites is 1. The van der Waals surface area contributed by atoms with Gasteiger partial charge < -0.3 is 14.6 Å². The van der Waals surface area contributed by atoms with Gasteiger partial charge in [-0.1, -0.05) is 31.5 Å². The highest BCUT2D eigenvalue weighted by Crippen LogP contribution is 2.24. The maximum Gasteiger partial charge on any atom is 0.344 e. The first-order chi connectivity index (χ1) is 8.65. The second-order valence-electron chi connectivity index (χ2n) is 4.08. The molecular formula is C14H20O4. The Morgan fingerprint density at radius 1 is 1.39 bits per heavy atom. The fourth-order valence-corrected chi connectivity index (χ4v) is 1.47. The maximum absolute atomic E-state index is 11.4. The summed E-state index contributed by atoms with van der Waals surface area (Å²) in [5.74, 6) is 0.129. The molecule has 100 valence electrons. The van der Waals surface area contributed by atoms with E-state index in [1.165, 1.54) is 0 Å². The van der Waals surface area contributed by atoms with Crippen molar-refractivity contribution in [2.24, 2.45) is 0 Å². The van der Waals surface area contributed by atoms with Crippen LogP contribution in [-0.4, -0.2) is 24.3 Å². The normalized spacial score (nSPS) is 11.9. The molecule has 4 heteroatoms. The molecule has 1 aromatic rings. The van der Waals surface area contributed by atoms with Gasteiger partial charge in [0.15, 0.2) is 6.61 Å². The molecule has 0 fully saturated rings. The number of aliphatic hydroxyl groups excluding tert-OH is 1. The molecule has 0 saturated heterocycles. The molecule has 0 aliphatic heterocycles. The summed E-state index contributed by atoms with van der Waals surface area (Å²) in [6, 6.07) is 7.10. The smallest absolute Gasteiger partial charge is 0.344 e. The van der Waals surface area contributed by atoms with Crippen LogP contribution in [0.4, 0.5) is 0 Å². The lowest BCUT2D eigenvalue weighted by atomic mass is 10.1. The lowest BCUT2D eigenvalue weighted by Crippen LogP contribution is -2.16. The number of rotatable bonds is 7. The van der Waals surface area contributed by atoms with Crippen molar-refractivity contribution in [3.8, 4) is 5.75 Å². The zero-order valence-electron chi connectivity index (χ0n) is 10.9. The van der Waals surface area contributed by atoms with Crippen LogP contribution < -0.4 is 4.74 Å². The van der Waals surface area contributed by atoms with Crippen molar-refractivity contribution in [1.82, 2.24) is 0 Å². The third-order valence-electron chi connectivity index (χ3n) is 2.48. The topological polar surface area (TPSA) is 55.8 Å². The summed E-state index contributed by atoms with van der Waals surface area (Å²) in [6.07, 6.45) is 1.21. The van der Waals surface area contributed by atoms with E-state index in [0.29, 0.717) is 17.9 Å². The van der Waals surface area contributed by atoms with Gasteiger partial charge in [-0.05, 0) is 19.4 Å². The van der Waals surface area contributed by atoms with Crippen molar-refractivity contribution in [1.29, 1.82) is 0 Å².